The quantitative estimate of drug-likeness (QED) is 0.391. The first kappa shape index (κ1) is 21.2. The van der Waals surface area contributed by atoms with E-state index in [1.54, 1.807) is 0 Å². The predicted molar refractivity (Wildman–Crippen MR) is 121 cm³/mol. The summed E-state index contributed by atoms with van der Waals surface area (Å²) in [6, 6.07) is 13.2. The van der Waals surface area contributed by atoms with Crippen molar-refractivity contribution in [2.45, 2.75) is 79.1 Å². The Bertz CT molecular complexity index is 730. The number of nitrogens with zero attached hydrogens (tertiary/aromatic N) is 1. The molecule has 2 heteroatoms. The van der Waals surface area contributed by atoms with Crippen molar-refractivity contribution in [3.8, 4) is 0 Å². The fourth-order valence-corrected chi connectivity index (χ4v) is 3.54. The second-order valence-corrected chi connectivity index (χ2v) is 8.62. The van der Waals surface area contributed by atoms with Crippen LogP contribution in [-0.4, -0.2) is 6.34 Å². The van der Waals surface area contributed by atoms with Crippen molar-refractivity contribution in [1.82, 2.24) is 0 Å². The van der Waals surface area contributed by atoms with Crippen molar-refractivity contribution < 1.29 is 0 Å². The Hall–Kier alpha value is -2.09. The highest BCUT2D eigenvalue weighted by atomic mass is 15.0. The van der Waals surface area contributed by atoms with Crippen molar-refractivity contribution in [1.29, 1.82) is 0 Å². The van der Waals surface area contributed by atoms with E-state index in [-0.39, 0.29) is 0 Å². The van der Waals surface area contributed by atoms with Crippen LogP contribution in [-0.2, 0) is 0 Å². The van der Waals surface area contributed by atoms with E-state index in [9.17, 15) is 0 Å². The molecule has 0 saturated carbocycles. The van der Waals surface area contributed by atoms with Gasteiger partial charge in [0, 0.05) is 5.69 Å². The SMILES string of the molecule is CC(C)c1cccc(C(C)C)c1/N=C/Nc1c(C(C)C)cccc1C(C)C. The van der Waals surface area contributed by atoms with Gasteiger partial charge in [-0.3, -0.25) is 0 Å². The van der Waals surface area contributed by atoms with E-state index in [1.165, 1.54) is 27.9 Å². The Balaban J connectivity index is 2.45. The van der Waals surface area contributed by atoms with E-state index < -0.39 is 0 Å². The lowest BCUT2D eigenvalue weighted by atomic mass is 9.92. The fraction of sp³-hybridized carbons (Fsp3) is 0.480. The third-order valence-electron chi connectivity index (χ3n) is 5.12. The summed E-state index contributed by atoms with van der Waals surface area (Å²) in [7, 11) is 0. The second kappa shape index (κ2) is 9.21. The van der Waals surface area contributed by atoms with Gasteiger partial charge in [0.1, 0.15) is 0 Å². The zero-order chi connectivity index (χ0) is 20.1. The second-order valence-electron chi connectivity index (χ2n) is 8.62. The Morgan fingerprint density at radius 1 is 0.630 bits per heavy atom. The maximum absolute atomic E-state index is 4.91. The van der Waals surface area contributed by atoms with Gasteiger partial charge in [0.2, 0.25) is 0 Å². The van der Waals surface area contributed by atoms with E-state index in [0.717, 1.165) is 5.69 Å². The van der Waals surface area contributed by atoms with E-state index in [2.05, 4.69) is 97.1 Å². The Kier molecular flexibility index (Phi) is 7.24. The van der Waals surface area contributed by atoms with Crippen molar-refractivity contribution in [2.75, 3.05) is 5.32 Å². The number of benzene rings is 2. The summed E-state index contributed by atoms with van der Waals surface area (Å²) in [6.07, 6.45) is 1.89. The first-order chi connectivity index (χ1) is 12.7. The average Bonchev–Trinajstić information content (AvgIpc) is 2.61. The fourth-order valence-electron chi connectivity index (χ4n) is 3.54. The van der Waals surface area contributed by atoms with E-state index in [1.807, 2.05) is 6.34 Å². The number of hydrogen-bond acceptors (Lipinski definition) is 1. The third-order valence-corrected chi connectivity index (χ3v) is 5.12. The minimum atomic E-state index is 0.449. The van der Waals surface area contributed by atoms with Crippen LogP contribution in [0.3, 0.4) is 0 Å². The van der Waals surface area contributed by atoms with Gasteiger partial charge in [-0.25, -0.2) is 4.99 Å². The maximum atomic E-state index is 4.91. The van der Waals surface area contributed by atoms with Gasteiger partial charge in [-0.1, -0.05) is 91.8 Å². The van der Waals surface area contributed by atoms with Gasteiger partial charge in [0.15, 0.2) is 0 Å². The van der Waals surface area contributed by atoms with Gasteiger partial charge in [0.05, 0.1) is 12.0 Å². The first-order valence-electron chi connectivity index (χ1n) is 10.3. The third kappa shape index (κ3) is 5.00. The highest BCUT2D eigenvalue weighted by molar-refractivity contribution is 5.82. The molecule has 0 aliphatic carbocycles. The van der Waals surface area contributed by atoms with E-state index >= 15 is 0 Å². The van der Waals surface area contributed by atoms with Gasteiger partial charge in [0.25, 0.3) is 0 Å². The van der Waals surface area contributed by atoms with Gasteiger partial charge < -0.3 is 5.32 Å². The average molecular weight is 365 g/mol. The molecule has 0 spiro atoms. The molecule has 146 valence electrons. The van der Waals surface area contributed by atoms with Crippen molar-refractivity contribution >= 4 is 17.7 Å². The smallest absolute Gasteiger partial charge is 0.0930 e. The van der Waals surface area contributed by atoms with Crippen LogP contribution in [0, 0.1) is 0 Å². The number of para-hydroxylation sites is 2. The molecule has 1 N–H and O–H groups in total. The highest BCUT2D eigenvalue weighted by Gasteiger charge is 2.14. The van der Waals surface area contributed by atoms with Gasteiger partial charge in [-0.15, -0.1) is 0 Å². The molecule has 27 heavy (non-hydrogen) atoms. The number of anilines is 1. The topological polar surface area (TPSA) is 24.4 Å². The molecule has 2 aromatic carbocycles. The number of aliphatic imine (C=N–C) groups is 1. The van der Waals surface area contributed by atoms with Crippen LogP contribution in [0.5, 0.6) is 0 Å². The molecule has 2 aromatic rings. The molecular formula is C25H36N2. The van der Waals surface area contributed by atoms with Crippen molar-refractivity contribution in [2.24, 2.45) is 4.99 Å². The molecule has 0 aliphatic heterocycles. The summed E-state index contributed by atoms with van der Waals surface area (Å²) < 4.78 is 0. The predicted octanol–water partition coefficient (Wildman–Crippen LogP) is 7.95. The molecule has 0 unspecified atom stereocenters. The Morgan fingerprint density at radius 2 is 1.00 bits per heavy atom. The van der Waals surface area contributed by atoms with Crippen LogP contribution in [0.25, 0.3) is 0 Å². The van der Waals surface area contributed by atoms with Gasteiger partial charge in [-0.05, 0) is 45.9 Å². The summed E-state index contributed by atoms with van der Waals surface area (Å²) in [5.74, 6) is 1.83. The first-order valence-corrected chi connectivity index (χ1v) is 10.3. The molecule has 0 atom stereocenters. The van der Waals surface area contributed by atoms with Crippen LogP contribution < -0.4 is 5.32 Å². The molecule has 2 nitrogen and oxygen atoms in total. The summed E-state index contributed by atoms with van der Waals surface area (Å²) >= 11 is 0. The van der Waals surface area contributed by atoms with Crippen LogP contribution in [0.2, 0.25) is 0 Å². The molecule has 0 bridgehead atoms. The zero-order valence-corrected chi connectivity index (χ0v) is 18.3. The zero-order valence-electron chi connectivity index (χ0n) is 18.3. The van der Waals surface area contributed by atoms with Crippen molar-refractivity contribution in [3.05, 3.63) is 58.7 Å². The minimum Gasteiger partial charge on any atom is -0.346 e. The molecular weight excluding hydrogens is 328 g/mol. The lowest BCUT2D eigenvalue weighted by molar-refractivity contribution is 0.834. The number of hydrogen-bond donors (Lipinski definition) is 1. The summed E-state index contributed by atoms with van der Waals surface area (Å²) in [4.78, 5) is 4.91. The maximum Gasteiger partial charge on any atom is 0.0930 e. The lowest BCUT2D eigenvalue weighted by Crippen LogP contribution is -2.06. The van der Waals surface area contributed by atoms with Crippen LogP contribution in [0.15, 0.2) is 41.4 Å². The number of nitrogens with one attached hydrogen (secondary N) is 1. The van der Waals surface area contributed by atoms with Gasteiger partial charge in [-0.2, -0.15) is 0 Å². The monoisotopic (exact) mass is 364 g/mol. The van der Waals surface area contributed by atoms with Crippen LogP contribution >= 0.6 is 0 Å². The summed E-state index contributed by atoms with van der Waals surface area (Å²) in [5.41, 5.74) is 7.62. The molecule has 0 radical (unpaired) electrons. The normalized spacial score (nSPS) is 12.1. The molecule has 0 aliphatic rings. The number of rotatable bonds is 7. The van der Waals surface area contributed by atoms with Gasteiger partial charge >= 0.3 is 0 Å². The Morgan fingerprint density at radius 3 is 1.37 bits per heavy atom. The molecule has 0 fully saturated rings. The van der Waals surface area contributed by atoms with Crippen LogP contribution in [0.1, 0.15) is 101 Å². The summed E-state index contributed by atoms with van der Waals surface area (Å²) in [6.45, 7) is 17.9. The molecule has 0 amide bonds. The molecule has 0 saturated heterocycles. The minimum absolute atomic E-state index is 0.449. The molecule has 2 rings (SSSR count). The summed E-state index contributed by atoms with van der Waals surface area (Å²) in [5, 5.41) is 3.53. The van der Waals surface area contributed by atoms with Crippen molar-refractivity contribution in [3.63, 3.8) is 0 Å². The largest absolute Gasteiger partial charge is 0.346 e. The van der Waals surface area contributed by atoms with E-state index in [4.69, 9.17) is 4.99 Å². The molecule has 0 aromatic heterocycles. The molecule has 0 heterocycles. The van der Waals surface area contributed by atoms with E-state index in [0.29, 0.717) is 23.7 Å². The highest BCUT2D eigenvalue weighted by Crippen LogP contribution is 2.35. The standard InChI is InChI=1S/C25H36N2/c1-16(2)20-11-9-12-21(17(3)4)24(20)26-15-27-25-22(18(5)6)13-10-14-23(25)19(7)8/h9-19H,1-8H3,(H,26,27). The van der Waals surface area contributed by atoms with Crippen LogP contribution in [0.4, 0.5) is 11.4 Å². The lowest BCUT2D eigenvalue weighted by Gasteiger charge is -2.19. The Labute approximate surface area is 166 Å².